The van der Waals surface area contributed by atoms with Crippen molar-refractivity contribution >= 4 is 0 Å². The summed E-state index contributed by atoms with van der Waals surface area (Å²) in [5.74, 6) is 0.891. The molecule has 0 aromatic heterocycles. The van der Waals surface area contributed by atoms with E-state index in [1.807, 2.05) is 0 Å². The molecular formula is C18H36N2. The minimum atomic E-state index is 0.472. The zero-order valence-corrected chi connectivity index (χ0v) is 14.3. The maximum Gasteiger partial charge on any atom is 0.0252 e. The smallest absolute Gasteiger partial charge is 0.0252 e. The third-order valence-corrected chi connectivity index (χ3v) is 5.77. The minimum absolute atomic E-state index is 0.472. The molecule has 0 aromatic carbocycles. The first kappa shape index (κ1) is 16.3. The van der Waals surface area contributed by atoms with E-state index in [1.54, 1.807) is 0 Å². The van der Waals surface area contributed by atoms with Crippen LogP contribution in [0.4, 0.5) is 0 Å². The fourth-order valence-corrected chi connectivity index (χ4v) is 4.28. The number of nitrogens with one attached hydrogen (secondary N) is 1. The van der Waals surface area contributed by atoms with Crippen LogP contribution in [0.5, 0.6) is 0 Å². The predicted octanol–water partition coefficient (Wildman–Crippen LogP) is 4.06. The van der Waals surface area contributed by atoms with E-state index >= 15 is 0 Å². The van der Waals surface area contributed by atoms with Crippen LogP contribution in [-0.4, -0.2) is 37.1 Å². The van der Waals surface area contributed by atoms with E-state index in [1.165, 1.54) is 64.5 Å². The topological polar surface area (TPSA) is 15.3 Å². The molecule has 3 unspecified atom stereocenters. The quantitative estimate of drug-likeness (QED) is 0.821. The first-order valence-electron chi connectivity index (χ1n) is 8.93. The molecule has 1 heterocycles. The fourth-order valence-electron chi connectivity index (χ4n) is 4.28. The van der Waals surface area contributed by atoms with Crippen molar-refractivity contribution in [2.45, 2.75) is 84.2 Å². The number of hydrogen-bond donors (Lipinski definition) is 1. The van der Waals surface area contributed by atoms with Crippen molar-refractivity contribution in [3.05, 3.63) is 0 Å². The standard InChI is InChI=1S/C18H36N2/c1-18(2,3)15-10-11-16(19-4)17(14-15)20-12-8-6-5-7-9-13-20/h15-17,19H,5-14H2,1-4H3. The Balaban J connectivity index is 2.03. The Labute approximate surface area is 126 Å². The van der Waals surface area contributed by atoms with E-state index in [9.17, 15) is 0 Å². The van der Waals surface area contributed by atoms with Gasteiger partial charge in [0.2, 0.25) is 0 Å². The van der Waals surface area contributed by atoms with Gasteiger partial charge in [-0.25, -0.2) is 0 Å². The number of rotatable bonds is 2. The second-order valence-electron chi connectivity index (χ2n) is 8.14. The summed E-state index contributed by atoms with van der Waals surface area (Å²) in [5, 5.41) is 3.62. The summed E-state index contributed by atoms with van der Waals surface area (Å²) in [7, 11) is 2.17. The van der Waals surface area contributed by atoms with Crippen molar-refractivity contribution in [1.29, 1.82) is 0 Å². The van der Waals surface area contributed by atoms with Crippen molar-refractivity contribution < 1.29 is 0 Å². The molecule has 0 spiro atoms. The van der Waals surface area contributed by atoms with E-state index in [2.05, 4.69) is 38.0 Å². The van der Waals surface area contributed by atoms with Gasteiger partial charge in [0.05, 0.1) is 0 Å². The molecule has 3 atom stereocenters. The van der Waals surface area contributed by atoms with E-state index in [0.29, 0.717) is 11.5 Å². The second-order valence-corrected chi connectivity index (χ2v) is 8.14. The highest BCUT2D eigenvalue weighted by Gasteiger charge is 2.37. The van der Waals surface area contributed by atoms with Crippen LogP contribution in [0.15, 0.2) is 0 Å². The molecule has 2 aliphatic rings. The fraction of sp³-hybridized carbons (Fsp3) is 1.00. The molecule has 1 saturated carbocycles. The van der Waals surface area contributed by atoms with Crippen molar-refractivity contribution in [3.63, 3.8) is 0 Å². The minimum Gasteiger partial charge on any atom is -0.315 e. The van der Waals surface area contributed by atoms with Gasteiger partial charge >= 0.3 is 0 Å². The maximum absolute atomic E-state index is 3.62. The Morgan fingerprint density at radius 3 is 2.05 bits per heavy atom. The Hall–Kier alpha value is -0.0800. The van der Waals surface area contributed by atoms with Gasteiger partial charge in [-0.05, 0) is 63.6 Å². The zero-order chi connectivity index (χ0) is 14.6. The Morgan fingerprint density at radius 2 is 1.50 bits per heavy atom. The highest BCUT2D eigenvalue weighted by atomic mass is 15.2. The monoisotopic (exact) mass is 280 g/mol. The molecule has 2 fully saturated rings. The summed E-state index contributed by atoms with van der Waals surface area (Å²) in [5.41, 5.74) is 0.472. The molecule has 20 heavy (non-hydrogen) atoms. The van der Waals surface area contributed by atoms with Gasteiger partial charge in [-0.2, -0.15) is 0 Å². The number of nitrogens with zero attached hydrogens (tertiary/aromatic N) is 1. The molecular weight excluding hydrogens is 244 g/mol. The second kappa shape index (κ2) is 7.26. The third-order valence-electron chi connectivity index (χ3n) is 5.77. The van der Waals surface area contributed by atoms with Gasteiger partial charge in [0.15, 0.2) is 0 Å². The van der Waals surface area contributed by atoms with E-state index in [4.69, 9.17) is 0 Å². The van der Waals surface area contributed by atoms with Crippen LogP contribution in [0.25, 0.3) is 0 Å². The third kappa shape index (κ3) is 4.21. The van der Waals surface area contributed by atoms with Gasteiger partial charge in [0, 0.05) is 12.1 Å². The zero-order valence-electron chi connectivity index (χ0n) is 14.3. The molecule has 2 nitrogen and oxygen atoms in total. The highest BCUT2D eigenvalue weighted by Crippen LogP contribution is 2.39. The summed E-state index contributed by atoms with van der Waals surface area (Å²) in [6, 6.07) is 1.49. The molecule has 2 rings (SSSR count). The van der Waals surface area contributed by atoms with E-state index < -0.39 is 0 Å². The van der Waals surface area contributed by atoms with Crippen LogP contribution in [-0.2, 0) is 0 Å². The largest absolute Gasteiger partial charge is 0.315 e. The first-order chi connectivity index (χ1) is 9.52. The van der Waals surface area contributed by atoms with Gasteiger partial charge in [-0.3, -0.25) is 4.90 Å². The van der Waals surface area contributed by atoms with Gasteiger partial charge in [-0.1, -0.05) is 40.0 Å². The number of likely N-dealkylation sites (N-methyl/N-ethyl adjacent to an activating group) is 1. The normalized spacial score (nSPS) is 34.5. The molecule has 1 aliphatic carbocycles. The average Bonchev–Trinajstić information content (AvgIpc) is 2.36. The Morgan fingerprint density at radius 1 is 0.900 bits per heavy atom. The highest BCUT2D eigenvalue weighted by molar-refractivity contribution is 4.94. The first-order valence-corrected chi connectivity index (χ1v) is 8.93. The van der Waals surface area contributed by atoms with Crippen molar-refractivity contribution in [1.82, 2.24) is 10.2 Å². The summed E-state index contributed by atoms with van der Waals surface area (Å²) in [6.45, 7) is 9.96. The van der Waals surface area contributed by atoms with E-state index in [-0.39, 0.29) is 0 Å². The average molecular weight is 280 g/mol. The van der Waals surface area contributed by atoms with Crippen molar-refractivity contribution in [2.75, 3.05) is 20.1 Å². The maximum atomic E-state index is 3.62. The van der Waals surface area contributed by atoms with Gasteiger partial charge in [-0.15, -0.1) is 0 Å². The summed E-state index contributed by atoms with van der Waals surface area (Å²) in [6.07, 6.45) is 11.3. The molecule has 1 aliphatic heterocycles. The number of likely N-dealkylation sites (tertiary alicyclic amines) is 1. The molecule has 1 N–H and O–H groups in total. The van der Waals surface area contributed by atoms with Gasteiger partial charge in [0.1, 0.15) is 0 Å². The molecule has 118 valence electrons. The molecule has 0 aromatic rings. The molecule has 2 heteroatoms. The van der Waals surface area contributed by atoms with Gasteiger partial charge in [0.25, 0.3) is 0 Å². The van der Waals surface area contributed by atoms with Crippen LogP contribution < -0.4 is 5.32 Å². The van der Waals surface area contributed by atoms with Crippen LogP contribution in [0.3, 0.4) is 0 Å². The lowest BCUT2D eigenvalue weighted by Gasteiger charge is -2.46. The van der Waals surface area contributed by atoms with Gasteiger partial charge < -0.3 is 5.32 Å². The van der Waals surface area contributed by atoms with Crippen LogP contribution in [0, 0.1) is 11.3 Å². The SMILES string of the molecule is CNC1CCC(C(C)(C)C)CC1N1CCCCCCC1. The Kier molecular flexibility index (Phi) is 5.92. The lowest BCUT2D eigenvalue weighted by molar-refractivity contribution is 0.0556. The molecule has 0 radical (unpaired) electrons. The predicted molar refractivity (Wildman–Crippen MR) is 88.1 cm³/mol. The summed E-state index contributed by atoms with van der Waals surface area (Å²) in [4.78, 5) is 2.83. The van der Waals surface area contributed by atoms with Crippen LogP contribution in [0.2, 0.25) is 0 Å². The number of hydrogen-bond acceptors (Lipinski definition) is 2. The van der Waals surface area contributed by atoms with Crippen LogP contribution >= 0.6 is 0 Å². The van der Waals surface area contributed by atoms with Crippen molar-refractivity contribution in [2.24, 2.45) is 11.3 Å². The summed E-state index contributed by atoms with van der Waals surface area (Å²) >= 11 is 0. The summed E-state index contributed by atoms with van der Waals surface area (Å²) < 4.78 is 0. The Bertz CT molecular complexity index is 274. The lowest BCUT2D eigenvalue weighted by atomic mass is 9.69. The lowest BCUT2D eigenvalue weighted by Crippen LogP contribution is -2.54. The molecule has 1 saturated heterocycles. The molecule has 0 amide bonds. The van der Waals surface area contributed by atoms with Crippen molar-refractivity contribution in [3.8, 4) is 0 Å². The molecule has 0 bridgehead atoms. The van der Waals surface area contributed by atoms with E-state index in [0.717, 1.165) is 12.0 Å². The van der Waals surface area contributed by atoms with Crippen LogP contribution in [0.1, 0.15) is 72.1 Å².